The molecule has 0 spiro atoms. The van der Waals surface area contributed by atoms with E-state index < -0.39 is 10.5 Å². The number of rotatable bonds is 5. The van der Waals surface area contributed by atoms with Crippen molar-refractivity contribution in [3.05, 3.63) is 39.9 Å². The van der Waals surface area contributed by atoms with E-state index in [4.69, 9.17) is 4.74 Å². The van der Waals surface area contributed by atoms with Crippen molar-refractivity contribution in [1.29, 1.82) is 0 Å². The SMILES string of the molecule is CC(NCC(=O)OC(C)(C)C)c1ccccc1[N+](=O)[O-]. The van der Waals surface area contributed by atoms with Crippen molar-refractivity contribution < 1.29 is 14.5 Å². The number of nitro benzene ring substituents is 1. The van der Waals surface area contributed by atoms with E-state index in [9.17, 15) is 14.9 Å². The van der Waals surface area contributed by atoms with Gasteiger partial charge in [-0.3, -0.25) is 14.9 Å². The Labute approximate surface area is 118 Å². The van der Waals surface area contributed by atoms with Crippen LogP contribution in [-0.4, -0.2) is 23.0 Å². The molecule has 1 N–H and O–H groups in total. The molecule has 0 amide bonds. The summed E-state index contributed by atoms with van der Waals surface area (Å²) >= 11 is 0. The van der Waals surface area contributed by atoms with Gasteiger partial charge in [-0.25, -0.2) is 0 Å². The molecule has 0 heterocycles. The third kappa shape index (κ3) is 4.97. The van der Waals surface area contributed by atoms with E-state index in [0.717, 1.165) is 0 Å². The van der Waals surface area contributed by atoms with Crippen LogP contribution in [0.2, 0.25) is 0 Å². The maximum Gasteiger partial charge on any atom is 0.320 e. The van der Waals surface area contributed by atoms with Gasteiger partial charge >= 0.3 is 5.97 Å². The predicted molar refractivity (Wildman–Crippen MR) is 75.4 cm³/mol. The number of hydrogen-bond donors (Lipinski definition) is 1. The maximum absolute atomic E-state index is 11.6. The molecule has 0 fully saturated rings. The van der Waals surface area contributed by atoms with Crippen LogP contribution in [0.4, 0.5) is 5.69 Å². The minimum atomic E-state index is -0.541. The lowest BCUT2D eigenvalue weighted by atomic mass is 10.1. The molecule has 1 aromatic rings. The van der Waals surface area contributed by atoms with Crippen LogP contribution >= 0.6 is 0 Å². The van der Waals surface area contributed by atoms with Gasteiger partial charge in [0, 0.05) is 17.7 Å². The number of esters is 1. The lowest BCUT2D eigenvalue weighted by Gasteiger charge is -2.20. The standard InChI is InChI=1S/C14H20N2O4/c1-10(15-9-13(17)20-14(2,3)4)11-7-5-6-8-12(11)16(18)19/h5-8,10,15H,9H2,1-4H3. The van der Waals surface area contributed by atoms with Crippen molar-refractivity contribution in [3.8, 4) is 0 Å². The Balaban J connectivity index is 2.66. The van der Waals surface area contributed by atoms with Crippen molar-refractivity contribution in [2.75, 3.05) is 6.54 Å². The number of hydrogen-bond acceptors (Lipinski definition) is 5. The lowest BCUT2D eigenvalue weighted by molar-refractivity contribution is -0.385. The first-order chi connectivity index (χ1) is 9.20. The Morgan fingerprint density at radius 3 is 2.55 bits per heavy atom. The second kappa shape index (κ2) is 6.47. The number of nitrogens with one attached hydrogen (secondary N) is 1. The third-order valence-electron chi connectivity index (χ3n) is 2.57. The summed E-state index contributed by atoms with van der Waals surface area (Å²) in [5.41, 5.74) is 0.0403. The molecule has 0 aromatic heterocycles. The summed E-state index contributed by atoms with van der Waals surface area (Å²) in [7, 11) is 0. The molecular formula is C14H20N2O4. The van der Waals surface area contributed by atoms with Gasteiger partial charge in [-0.1, -0.05) is 18.2 Å². The molecule has 0 aliphatic heterocycles. The quantitative estimate of drug-likeness (QED) is 0.509. The number of carbonyl (C=O) groups is 1. The highest BCUT2D eigenvalue weighted by Gasteiger charge is 2.20. The van der Waals surface area contributed by atoms with E-state index in [2.05, 4.69) is 5.32 Å². The summed E-state index contributed by atoms with van der Waals surface area (Å²) in [6, 6.07) is 6.14. The molecule has 6 nitrogen and oxygen atoms in total. The Morgan fingerprint density at radius 2 is 2.00 bits per heavy atom. The van der Waals surface area contributed by atoms with Gasteiger partial charge in [0.15, 0.2) is 0 Å². The van der Waals surface area contributed by atoms with Crippen LogP contribution in [0, 0.1) is 10.1 Å². The van der Waals surface area contributed by atoms with E-state index in [1.54, 1.807) is 45.9 Å². The van der Waals surface area contributed by atoms with E-state index in [0.29, 0.717) is 5.56 Å². The average molecular weight is 280 g/mol. The number of nitrogens with zero attached hydrogens (tertiary/aromatic N) is 1. The molecule has 0 radical (unpaired) electrons. The highest BCUT2D eigenvalue weighted by Crippen LogP contribution is 2.24. The van der Waals surface area contributed by atoms with Crippen LogP contribution in [0.3, 0.4) is 0 Å². The monoisotopic (exact) mass is 280 g/mol. The van der Waals surface area contributed by atoms with E-state index in [1.165, 1.54) is 6.07 Å². The first-order valence-corrected chi connectivity index (χ1v) is 6.39. The largest absolute Gasteiger partial charge is 0.459 e. The molecule has 0 saturated carbocycles. The highest BCUT2D eigenvalue weighted by molar-refractivity contribution is 5.72. The number of nitro groups is 1. The fourth-order valence-electron chi connectivity index (χ4n) is 1.74. The van der Waals surface area contributed by atoms with Crippen LogP contribution in [0.5, 0.6) is 0 Å². The van der Waals surface area contributed by atoms with Crippen LogP contribution in [0.15, 0.2) is 24.3 Å². The highest BCUT2D eigenvalue weighted by atomic mass is 16.6. The van der Waals surface area contributed by atoms with Gasteiger partial charge in [-0.2, -0.15) is 0 Å². The second-order valence-corrected chi connectivity index (χ2v) is 5.50. The maximum atomic E-state index is 11.6. The topological polar surface area (TPSA) is 81.5 Å². The first kappa shape index (κ1) is 16.1. The second-order valence-electron chi connectivity index (χ2n) is 5.50. The lowest BCUT2D eigenvalue weighted by Crippen LogP contribution is -2.32. The van der Waals surface area contributed by atoms with Crippen molar-refractivity contribution in [1.82, 2.24) is 5.32 Å². The molecule has 0 saturated heterocycles. The Hall–Kier alpha value is -1.95. The molecule has 110 valence electrons. The number of para-hydroxylation sites is 1. The molecule has 0 aliphatic rings. The number of carbonyl (C=O) groups excluding carboxylic acids is 1. The van der Waals surface area contributed by atoms with Crippen LogP contribution in [0.1, 0.15) is 39.3 Å². The summed E-state index contributed by atoms with van der Waals surface area (Å²) in [6.07, 6.45) is 0. The Morgan fingerprint density at radius 1 is 1.40 bits per heavy atom. The minimum absolute atomic E-state index is 0.00445. The first-order valence-electron chi connectivity index (χ1n) is 6.39. The number of ether oxygens (including phenoxy) is 1. The van der Waals surface area contributed by atoms with E-state index >= 15 is 0 Å². The Bertz CT molecular complexity index is 494. The summed E-state index contributed by atoms with van der Waals surface area (Å²) in [5.74, 6) is -0.386. The molecule has 0 aliphatic carbocycles. The smallest absolute Gasteiger partial charge is 0.320 e. The van der Waals surface area contributed by atoms with Crippen molar-refractivity contribution in [2.45, 2.75) is 39.3 Å². The van der Waals surface area contributed by atoms with Gasteiger partial charge in [0.1, 0.15) is 5.60 Å². The molecule has 1 atom stereocenters. The predicted octanol–water partition coefficient (Wildman–Crippen LogP) is 2.59. The van der Waals surface area contributed by atoms with Crippen molar-refractivity contribution in [3.63, 3.8) is 0 Å². The normalized spacial score (nSPS) is 12.8. The molecule has 1 unspecified atom stereocenters. The zero-order valence-electron chi connectivity index (χ0n) is 12.2. The fraction of sp³-hybridized carbons (Fsp3) is 0.500. The third-order valence-corrected chi connectivity index (χ3v) is 2.57. The van der Waals surface area contributed by atoms with E-state index in [1.807, 2.05) is 0 Å². The van der Waals surface area contributed by atoms with Crippen molar-refractivity contribution in [2.24, 2.45) is 0 Å². The van der Waals surface area contributed by atoms with Gasteiger partial charge in [-0.05, 0) is 27.7 Å². The molecule has 1 rings (SSSR count). The van der Waals surface area contributed by atoms with Gasteiger partial charge in [0.2, 0.25) is 0 Å². The molecule has 1 aromatic carbocycles. The van der Waals surface area contributed by atoms with Gasteiger partial charge in [-0.15, -0.1) is 0 Å². The molecule has 6 heteroatoms. The van der Waals surface area contributed by atoms with Crippen molar-refractivity contribution >= 4 is 11.7 Å². The fourth-order valence-corrected chi connectivity index (χ4v) is 1.74. The molecule has 0 bridgehead atoms. The average Bonchev–Trinajstić information content (AvgIpc) is 2.33. The van der Waals surface area contributed by atoms with Crippen LogP contribution in [0.25, 0.3) is 0 Å². The van der Waals surface area contributed by atoms with Gasteiger partial charge < -0.3 is 10.1 Å². The Kier molecular flexibility index (Phi) is 5.21. The van der Waals surface area contributed by atoms with Gasteiger partial charge in [0.25, 0.3) is 5.69 Å². The zero-order chi connectivity index (χ0) is 15.3. The summed E-state index contributed by atoms with van der Waals surface area (Å²) in [4.78, 5) is 22.1. The number of benzene rings is 1. The zero-order valence-corrected chi connectivity index (χ0v) is 12.2. The van der Waals surface area contributed by atoms with Gasteiger partial charge in [0.05, 0.1) is 11.5 Å². The van der Waals surface area contributed by atoms with E-state index in [-0.39, 0.29) is 24.2 Å². The molecule has 20 heavy (non-hydrogen) atoms. The summed E-state index contributed by atoms with van der Waals surface area (Å²) < 4.78 is 5.17. The van der Waals surface area contributed by atoms with Crippen LogP contribution in [-0.2, 0) is 9.53 Å². The minimum Gasteiger partial charge on any atom is -0.459 e. The summed E-state index contributed by atoms with van der Waals surface area (Å²) in [5, 5.41) is 13.9. The summed E-state index contributed by atoms with van der Waals surface area (Å²) in [6.45, 7) is 7.14. The molecular weight excluding hydrogens is 260 g/mol. The van der Waals surface area contributed by atoms with Crippen LogP contribution < -0.4 is 5.32 Å².